The highest BCUT2D eigenvalue weighted by atomic mass is 16.2. The molecule has 0 aliphatic rings. The number of benzene rings is 1. The number of rotatable bonds is 6. The Labute approximate surface area is 119 Å². The van der Waals surface area contributed by atoms with Crippen molar-refractivity contribution in [3.63, 3.8) is 0 Å². The Bertz CT molecular complexity index is 548. The van der Waals surface area contributed by atoms with Crippen LogP contribution in [-0.4, -0.2) is 28.9 Å². The molecule has 1 aromatic carbocycles. The summed E-state index contributed by atoms with van der Waals surface area (Å²) in [7, 11) is 0. The van der Waals surface area contributed by atoms with Gasteiger partial charge in [-0.3, -0.25) is 4.79 Å². The Morgan fingerprint density at radius 3 is 2.60 bits per heavy atom. The molecule has 0 radical (unpaired) electrons. The zero-order chi connectivity index (χ0) is 14.4. The van der Waals surface area contributed by atoms with Crippen LogP contribution in [0.2, 0.25) is 0 Å². The Balaban J connectivity index is 2.15. The van der Waals surface area contributed by atoms with Crippen molar-refractivity contribution < 1.29 is 4.79 Å². The van der Waals surface area contributed by atoms with Gasteiger partial charge in [0.1, 0.15) is 0 Å². The minimum absolute atomic E-state index is 0.0565. The Morgan fingerprint density at radius 1 is 1.25 bits per heavy atom. The van der Waals surface area contributed by atoms with Crippen molar-refractivity contribution in [3.05, 3.63) is 59.4 Å². The van der Waals surface area contributed by atoms with Gasteiger partial charge in [0.05, 0.1) is 5.56 Å². The van der Waals surface area contributed by atoms with E-state index in [1.165, 1.54) is 0 Å². The average molecular weight is 271 g/mol. The molecule has 1 amide bonds. The van der Waals surface area contributed by atoms with Crippen LogP contribution >= 0.6 is 0 Å². The number of nitrogens with zero attached hydrogens (tertiary/aromatic N) is 1. The second kappa shape index (κ2) is 6.91. The number of aromatic nitrogens is 1. The molecule has 0 atom stereocenters. The first-order valence-electron chi connectivity index (χ1n) is 6.89. The molecule has 4 heteroatoms. The minimum Gasteiger partial charge on any atom is -0.365 e. The summed E-state index contributed by atoms with van der Waals surface area (Å²) < 4.78 is 0. The average Bonchev–Trinajstić information content (AvgIpc) is 2.90. The SMILES string of the molecule is Cc1[nH]ccc1C(=O)N(CCCN)Cc1ccccc1. The molecular weight excluding hydrogens is 250 g/mol. The lowest BCUT2D eigenvalue weighted by molar-refractivity contribution is 0.0741. The molecule has 0 saturated carbocycles. The normalized spacial score (nSPS) is 10.5. The number of carbonyl (C=O) groups is 1. The molecule has 20 heavy (non-hydrogen) atoms. The van der Waals surface area contributed by atoms with Gasteiger partial charge in [-0.15, -0.1) is 0 Å². The van der Waals surface area contributed by atoms with Gasteiger partial charge in [0, 0.05) is 25.0 Å². The maximum absolute atomic E-state index is 12.6. The summed E-state index contributed by atoms with van der Waals surface area (Å²) in [4.78, 5) is 17.5. The van der Waals surface area contributed by atoms with Crippen LogP contribution in [0.25, 0.3) is 0 Å². The Morgan fingerprint density at radius 2 is 2.00 bits per heavy atom. The molecular formula is C16H21N3O. The summed E-state index contributed by atoms with van der Waals surface area (Å²) in [6.07, 6.45) is 2.61. The molecule has 4 nitrogen and oxygen atoms in total. The monoisotopic (exact) mass is 271 g/mol. The third-order valence-corrected chi connectivity index (χ3v) is 3.32. The predicted octanol–water partition coefficient (Wildman–Crippen LogP) is 2.31. The van der Waals surface area contributed by atoms with Crippen LogP contribution in [0.5, 0.6) is 0 Å². The van der Waals surface area contributed by atoms with E-state index in [1.54, 1.807) is 6.20 Å². The van der Waals surface area contributed by atoms with Crippen molar-refractivity contribution in [1.29, 1.82) is 0 Å². The molecule has 1 aromatic heterocycles. The van der Waals surface area contributed by atoms with Crippen LogP contribution < -0.4 is 5.73 Å². The highest BCUT2D eigenvalue weighted by Gasteiger charge is 2.18. The van der Waals surface area contributed by atoms with Gasteiger partial charge in [-0.25, -0.2) is 0 Å². The number of H-pyrrole nitrogens is 1. The maximum atomic E-state index is 12.6. The Hall–Kier alpha value is -2.07. The van der Waals surface area contributed by atoms with E-state index in [0.29, 0.717) is 19.6 Å². The summed E-state index contributed by atoms with van der Waals surface area (Å²) in [5, 5.41) is 0. The number of aromatic amines is 1. The van der Waals surface area contributed by atoms with Gasteiger partial charge in [0.15, 0.2) is 0 Å². The highest BCUT2D eigenvalue weighted by Crippen LogP contribution is 2.13. The molecule has 2 aromatic rings. The van der Waals surface area contributed by atoms with Crippen molar-refractivity contribution in [2.45, 2.75) is 19.9 Å². The molecule has 106 valence electrons. The number of nitrogens with two attached hydrogens (primary N) is 1. The van der Waals surface area contributed by atoms with Crippen LogP contribution in [0.1, 0.15) is 28.0 Å². The number of carbonyl (C=O) groups excluding carboxylic acids is 1. The number of hydrogen-bond acceptors (Lipinski definition) is 2. The number of nitrogens with one attached hydrogen (secondary N) is 1. The highest BCUT2D eigenvalue weighted by molar-refractivity contribution is 5.95. The zero-order valence-corrected chi connectivity index (χ0v) is 11.8. The molecule has 0 fully saturated rings. The minimum atomic E-state index is 0.0565. The first kappa shape index (κ1) is 14.3. The fraction of sp³-hybridized carbons (Fsp3) is 0.312. The van der Waals surface area contributed by atoms with E-state index in [0.717, 1.165) is 23.2 Å². The molecule has 0 aliphatic heterocycles. The van der Waals surface area contributed by atoms with Gasteiger partial charge >= 0.3 is 0 Å². The first-order valence-corrected chi connectivity index (χ1v) is 6.89. The van der Waals surface area contributed by atoms with Crippen LogP contribution in [0.15, 0.2) is 42.6 Å². The lowest BCUT2D eigenvalue weighted by Crippen LogP contribution is -2.32. The fourth-order valence-corrected chi connectivity index (χ4v) is 2.19. The van der Waals surface area contributed by atoms with Crippen LogP contribution in [0, 0.1) is 6.92 Å². The van der Waals surface area contributed by atoms with E-state index < -0.39 is 0 Å². The number of hydrogen-bond donors (Lipinski definition) is 2. The van der Waals surface area contributed by atoms with Gasteiger partial charge in [0.25, 0.3) is 5.91 Å². The third-order valence-electron chi connectivity index (χ3n) is 3.32. The summed E-state index contributed by atoms with van der Waals surface area (Å²) in [6.45, 7) is 3.79. The summed E-state index contributed by atoms with van der Waals surface area (Å²) in [6, 6.07) is 11.9. The van der Waals surface area contributed by atoms with Gasteiger partial charge < -0.3 is 15.6 Å². The van der Waals surface area contributed by atoms with Gasteiger partial charge in [0.2, 0.25) is 0 Å². The fourth-order valence-electron chi connectivity index (χ4n) is 2.19. The maximum Gasteiger partial charge on any atom is 0.255 e. The summed E-state index contributed by atoms with van der Waals surface area (Å²) in [5.74, 6) is 0.0565. The van der Waals surface area contributed by atoms with E-state index in [1.807, 2.05) is 48.2 Å². The predicted molar refractivity (Wildman–Crippen MR) is 80.4 cm³/mol. The molecule has 0 spiro atoms. The quantitative estimate of drug-likeness (QED) is 0.847. The summed E-state index contributed by atoms with van der Waals surface area (Å²) >= 11 is 0. The second-order valence-electron chi connectivity index (χ2n) is 4.87. The van der Waals surface area contributed by atoms with Gasteiger partial charge in [-0.1, -0.05) is 30.3 Å². The number of amides is 1. The van der Waals surface area contributed by atoms with Crippen LogP contribution in [-0.2, 0) is 6.54 Å². The second-order valence-corrected chi connectivity index (χ2v) is 4.87. The molecule has 0 bridgehead atoms. The smallest absolute Gasteiger partial charge is 0.255 e. The molecule has 1 heterocycles. The molecule has 2 rings (SSSR count). The number of aryl methyl sites for hydroxylation is 1. The van der Waals surface area contributed by atoms with Crippen LogP contribution in [0.4, 0.5) is 0 Å². The molecule has 0 unspecified atom stereocenters. The molecule has 3 N–H and O–H groups in total. The van der Waals surface area contributed by atoms with E-state index in [-0.39, 0.29) is 5.91 Å². The van der Waals surface area contributed by atoms with E-state index in [4.69, 9.17) is 5.73 Å². The Kier molecular flexibility index (Phi) is 4.96. The standard InChI is InChI=1S/C16H21N3O/c1-13-15(8-10-18-13)16(20)19(11-5-9-17)12-14-6-3-2-4-7-14/h2-4,6-8,10,18H,5,9,11-12,17H2,1H3. The van der Waals surface area contributed by atoms with Gasteiger partial charge in [-0.05, 0) is 31.5 Å². The van der Waals surface area contributed by atoms with Crippen LogP contribution in [0.3, 0.4) is 0 Å². The topological polar surface area (TPSA) is 62.1 Å². The third kappa shape index (κ3) is 3.48. The molecule has 0 aliphatic carbocycles. The van der Waals surface area contributed by atoms with Crippen molar-refractivity contribution in [2.24, 2.45) is 5.73 Å². The zero-order valence-electron chi connectivity index (χ0n) is 11.8. The lowest BCUT2D eigenvalue weighted by atomic mass is 10.1. The van der Waals surface area contributed by atoms with Gasteiger partial charge in [-0.2, -0.15) is 0 Å². The summed E-state index contributed by atoms with van der Waals surface area (Å²) in [5.41, 5.74) is 8.34. The van der Waals surface area contributed by atoms with E-state index in [9.17, 15) is 4.79 Å². The van der Waals surface area contributed by atoms with Crippen molar-refractivity contribution in [2.75, 3.05) is 13.1 Å². The van der Waals surface area contributed by atoms with E-state index >= 15 is 0 Å². The van der Waals surface area contributed by atoms with Crippen molar-refractivity contribution >= 4 is 5.91 Å². The molecule has 0 saturated heterocycles. The van der Waals surface area contributed by atoms with E-state index in [2.05, 4.69) is 4.98 Å². The largest absolute Gasteiger partial charge is 0.365 e. The lowest BCUT2D eigenvalue weighted by Gasteiger charge is -2.22. The van der Waals surface area contributed by atoms with Crippen molar-refractivity contribution in [1.82, 2.24) is 9.88 Å². The van der Waals surface area contributed by atoms with Crippen molar-refractivity contribution in [3.8, 4) is 0 Å². The first-order chi connectivity index (χ1) is 9.72.